The molecule has 1 unspecified atom stereocenters. The van der Waals surface area contributed by atoms with Gasteiger partial charge in [0.1, 0.15) is 11.9 Å². The lowest BCUT2D eigenvalue weighted by Gasteiger charge is -2.31. The molecule has 1 aromatic heterocycles. The van der Waals surface area contributed by atoms with Crippen LogP contribution in [0.1, 0.15) is 41.5 Å². The number of aryl methyl sites for hydroxylation is 1. The van der Waals surface area contributed by atoms with Gasteiger partial charge in [0.05, 0.1) is 4.90 Å². The number of sulfonamides is 1. The van der Waals surface area contributed by atoms with E-state index in [1.54, 1.807) is 59.8 Å². The van der Waals surface area contributed by atoms with Crippen LogP contribution in [0.2, 0.25) is 0 Å². The van der Waals surface area contributed by atoms with Gasteiger partial charge in [0.2, 0.25) is 21.8 Å². The van der Waals surface area contributed by atoms with Crippen LogP contribution in [-0.2, 0) is 45.5 Å². The van der Waals surface area contributed by atoms with E-state index in [1.807, 2.05) is 36.4 Å². The number of aromatic nitrogens is 1. The molecule has 10 heteroatoms. The van der Waals surface area contributed by atoms with Crippen molar-refractivity contribution in [3.05, 3.63) is 131 Å². The molecule has 4 aromatic rings. The topological polar surface area (TPSA) is 108 Å². The van der Waals surface area contributed by atoms with Crippen molar-refractivity contribution in [2.45, 2.75) is 62.2 Å². The second-order valence-corrected chi connectivity index (χ2v) is 12.7. The summed E-state index contributed by atoms with van der Waals surface area (Å²) in [6.45, 7) is 0.363. The first kappa shape index (κ1) is 31.0. The Morgan fingerprint density at radius 2 is 1.55 bits per heavy atom. The maximum Gasteiger partial charge on any atom is 0.243 e. The molecule has 5 rings (SSSR count). The van der Waals surface area contributed by atoms with Gasteiger partial charge < -0.3 is 10.2 Å². The SMILES string of the molecule is O=C(NCc1cccnc1)C(Cc1ccccc1)N(Cc1ccc(F)cc1)C(=O)CCc1ccc(S(=O)(=O)NC2CC2)cc1. The fourth-order valence-electron chi connectivity index (χ4n) is 4.87. The van der Waals surface area contributed by atoms with Gasteiger partial charge in [-0.05, 0) is 71.8 Å². The van der Waals surface area contributed by atoms with E-state index >= 15 is 0 Å². The minimum Gasteiger partial charge on any atom is -0.350 e. The lowest BCUT2D eigenvalue weighted by molar-refractivity contribution is -0.141. The minimum absolute atomic E-state index is 0.00906. The molecule has 44 heavy (non-hydrogen) atoms. The highest BCUT2D eigenvalue weighted by atomic mass is 32.2. The van der Waals surface area contributed by atoms with Gasteiger partial charge in [-0.3, -0.25) is 14.6 Å². The van der Waals surface area contributed by atoms with Crippen LogP contribution >= 0.6 is 0 Å². The summed E-state index contributed by atoms with van der Waals surface area (Å²) in [6, 6.07) is 24.7. The predicted molar refractivity (Wildman–Crippen MR) is 165 cm³/mol. The number of hydrogen-bond acceptors (Lipinski definition) is 5. The summed E-state index contributed by atoms with van der Waals surface area (Å²) in [6.07, 6.45) is 5.75. The summed E-state index contributed by atoms with van der Waals surface area (Å²) in [5.41, 5.74) is 3.21. The van der Waals surface area contributed by atoms with Gasteiger partial charge in [-0.15, -0.1) is 0 Å². The highest BCUT2D eigenvalue weighted by molar-refractivity contribution is 7.89. The van der Waals surface area contributed by atoms with Gasteiger partial charge in [0.15, 0.2) is 0 Å². The molecule has 0 bridgehead atoms. The number of pyridine rings is 1. The van der Waals surface area contributed by atoms with Crippen LogP contribution in [0.5, 0.6) is 0 Å². The van der Waals surface area contributed by atoms with E-state index in [4.69, 9.17) is 0 Å². The fourth-order valence-corrected chi connectivity index (χ4v) is 6.17. The summed E-state index contributed by atoms with van der Waals surface area (Å²) < 4.78 is 41.5. The summed E-state index contributed by atoms with van der Waals surface area (Å²) in [5.74, 6) is -0.954. The molecule has 1 saturated carbocycles. The largest absolute Gasteiger partial charge is 0.350 e. The molecule has 0 radical (unpaired) electrons. The lowest BCUT2D eigenvalue weighted by Crippen LogP contribution is -2.50. The van der Waals surface area contributed by atoms with Gasteiger partial charge in [-0.1, -0.05) is 60.7 Å². The van der Waals surface area contributed by atoms with E-state index in [-0.39, 0.29) is 54.5 Å². The number of carbonyl (C=O) groups is 2. The molecule has 1 heterocycles. The van der Waals surface area contributed by atoms with E-state index in [1.165, 1.54) is 12.1 Å². The quantitative estimate of drug-likeness (QED) is 0.217. The molecule has 0 saturated heterocycles. The highest BCUT2D eigenvalue weighted by Gasteiger charge is 2.31. The number of nitrogens with one attached hydrogen (secondary N) is 2. The Labute approximate surface area is 257 Å². The lowest BCUT2D eigenvalue weighted by atomic mass is 10.0. The first-order valence-electron chi connectivity index (χ1n) is 14.6. The monoisotopic (exact) mass is 614 g/mol. The van der Waals surface area contributed by atoms with Crippen molar-refractivity contribution >= 4 is 21.8 Å². The number of hydrogen-bond donors (Lipinski definition) is 2. The van der Waals surface area contributed by atoms with Crippen LogP contribution in [0, 0.1) is 5.82 Å². The van der Waals surface area contributed by atoms with E-state index in [0.717, 1.165) is 29.5 Å². The van der Waals surface area contributed by atoms with Gasteiger partial charge in [0, 0.05) is 44.4 Å². The average Bonchev–Trinajstić information content (AvgIpc) is 3.86. The molecular formula is C34H35FN4O4S. The van der Waals surface area contributed by atoms with Crippen molar-refractivity contribution in [1.82, 2.24) is 19.9 Å². The Hall–Kier alpha value is -4.41. The van der Waals surface area contributed by atoms with Crippen molar-refractivity contribution in [2.24, 2.45) is 0 Å². The summed E-state index contributed by atoms with van der Waals surface area (Å²) in [5, 5.41) is 2.97. The number of nitrogens with zero attached hydrogens (tertiary/aromatic N) is 2. The second-order valence-electron chi connectivity index (χ2n) is 11.0. The van der Waals surface area contributed by atoms with Crippen LogP contribution in [-0.4, -0.2) is 42.2 Å². The van der Waals surface area contributed by atoms with Crippen molar-refractivity contribution in [2.75, 3.05) is 0 Å². The van der Waals surface area contributed by atoms with E-state index < -0.39 is 16.1 Å². The first-order chi connectivity index (χ1) is 21.3. The number of rotatable bonds is 14. The smallest absolute Gasteiger partial charge is 0.243 e. The summed E-state index contributed by atoms with van der Waals surface area (Å²) in [7, 11) is -3.57. The van der Waals surface area contributed by atoms with Crippen LogP contribution in [0.4, 0.5) is 4.39 Å². The zero-order chi connectivity index (χ0) is 30.9. The molecule has 8 nitrogen and oxygen atoms in total. The normalized spacial score (nSPS) is 13.7. The first-order valence-corrected chi connectivity index (χ1v) is 16.1. The zero-order valence-electron chi connectivity index (χ0n) is 24.2. The second kappa shape index (κ2) is 14.4. The molecule has 1 aliphatic carbocycles. The Balaban J connectivity index is 1.36. The van der Waals surface area contributed by atoms with Crippen molar-refractivity contribution in [3.8, 4) is 0 Å². The number of carbonyl (C=O) groups excluding carboxylic acids is 2. The van der Waals surface area contributed by atoms with Crippen LogP contribution < -0.4 is 10.0 Å². The third kappa shape index (κ3) is 8.81. The summed E-state index contributed by atoms with van der Waals surface area (Å²) >= 11 is 0. The number of halogens is 1. The Morgan fingerprint density at radius 3 is 2.20 bits per heavy atom. The molecule has 2 amide bonds. The average molecular weight is 615 g/mol. The van der Waals surface area contributed by atoms with Gasteiger partial charge in [-0.2, -0.15) is 0 Å². The van der Waals surface area contributed by atoms with Crippen molar-refractivity contribution in [3.63, 3.8) is 0 Å². The molecule has 3 aromatic carbocycles. The Bertz CT molecular complexity index is 1650. The van der Waals surface area contributed by atoms with Crippen LogP contribution in [0.3, 0.4) is 0 Å². The fraction of sp³-hybridized carbons (Fsp3) is 0.265. The van der Waals surface area contributed by atoms with Crippen molar-refractivity contribution in [1.29, 1.82) is 0 Å². The zero-order valence-corrected chi connectivity index (χ0v) is 25.0. The third-order valence-corrected chi connectivity index (χ3v) is 9.02. The Kier molecular flexibility index (Phi) is 10.1. The third-order valence-electron chi connectivity index (χ3n) is 7.49. The molecule has 1 atom stereocenters. The van der Waals surface area contributed by atoms with Crippen LogP contribution in [0.15, 0.2) is 108 Å². The van der Waals surface area contributed by atoms with Gasteiger partial charge >= 0.3 is 0 Å². The van der Waals surface area contributed by atoms with Gasteiger partial charge in [0.25, 0.3) is 0 Å². The van der Waals surface area contributed by atoms with Crippen molar-refractivity contribution < 1.29 is 22.4 Å². The molecule has 0 spiro atoms. The highest BCUT2D eigenvalue weighted by Crippen LogP contribution is 2.23. The minimum atomic E-state index is -3.57. The van der Waals surface area contributed by atoms with Gasteiger partial charge in [-0.25, -0.2) is 17.5 Å². The number of amides is 2. The molecule has 228 valence electrons. The number of benzene rings is 3. The molecule has 0 aliphatic heterocycles. The van der Waals surface area contributed by atoms with E-state index in [2.05, 4.69) is 15.0 Å². The maximum absolute atomic E-state index is 13.9. The Morgan fingerprint density at radius 1 is 0.864 bits per heavy atom. The molecule has 2 N–H and O–H groups in total. The molecule has 1 fully saturated rings. The maximum atomic E-state index is 13.9. The summed E-state index contributed by atoms with van der Waals surface area (Å²) in [4.78, 5) is 33.5. The molecule has 1 aliphatic rings. The predicted octanol–water partition coefficient (Wildman–Crippen LogP) is 4.55. The molecular weight excluding hydrogens is 579 g/mol. The van der Waals surface area contributed by atoms with E-state index in [9.17, 15) is 22.4 Å². The van der Waals surface area contributed by atoms with Crippen LogP contribution in [0.25, 0.3) is 0 Å². The standard InChI is InChI=1S/C34H35FN4O4S/c35-29-13-8-27(9-14-29)24-39(33(40)19-12-25-10-17-31(18-11-25)44(42,43)38-30-15-16-30)32(21-26-5-2-1-3-6-26)34(41)37-23-28-7-4-20-36-22-28/h1-11,13-14,17-18,20,22,30,32,38H,12,15-16,19,21,23-24H2,(H,37,41). The van der Waals surface area contributed by atoms with E-state index in [0.29, 0.717) is 12.0 Å².